The van der Waals surface area contributed by atoms with Crippen LogP contribution in [0.3, 0.4) is 0 Å². The Bertz CT molecular complexity index is 466. The van der Waals surface area contributed by atoms with E-state index in [9.17, 15) is 14.9 Å². The Morgan fingerprint density at radius 3 is 2.84 bits per heavy atom. The molecular formula is C12H16ClN3O3. The maximum absolute atomic E-state index is 11.2. The van der Waals surface area contributed by atoms with E-state index in [-0.39, 0.29) is 11.6 Å². The van der Waals surface area contributed by atoms with Gasteiger partial charge in [-0.05, 0) is 18.6 Å². The Kier molecular flexibility index (Phi) is 6.24. The Hall–Kier alpha value is -1.66. The number of hydrogen-bond donors (Lipinski definition) is 2. The molecule has 0 saturated heterocycles. The van der Waals surface area contributed by atoms with E-state index < -0.39 is 4.92 Å². The standard InChI is InChI=1S/C12H16ClN3O3/c1-2-15-12(17)5-6-14-8-9-7-10(16(18)19)3-4-11(9)13/h3-4,7,14H,2,5-6,8H2,1H3,(H,15,17). The minimum absolute atomic E-state index is 0.00456. The molecule has 6 nitrogen and oxygen atoms in total. The highest BCUT2D eigenvalue weighted by molar-refractivity contribution is 6.31. The smallest absolute Gasteiger partial charge is 0.269 e. The lowest BCUT2D eigenvalue weighted by molar-refractivity contribution is -0.384. The second-order valence-corrected chi connectivity index (χ2v) is 4.32. The first-order valence-corrected chi connectivity index (χ1v) is 6.32. The summed E-state index contributed by atoms with van der Waals surface area (Å²) < 4.78 is 0. The Labute approximate surface area is 116 Å². The maximum Gasteiger partial charge on any atom is 0.269 e. The summed E-state index contributed by atoms with van der Waals surface area (Å²) in [4.78, 5) is 21.4. The van der Waals surface area contributed by atoms with Gasteiger partial charge in [0.25, 0.3) is 5.69 Å². The number of carbonyl (C=O) groups is 1. The molecule has 1 rings (SSSR count). The van der Waals surface area contributed by atoms with E-state index in [0.29, 0.717) is 36.6 Å². The van der Waals surface area contributed by atoms with Gasteiger partial charge in [0.15, 0.2) is 0 Å². The van der Waals surface area contributed by atoms with E-state index >= 15 is 0 Å². The van der Waals surface area contributed by atoms with Crippen molar-refractivity contribution in [1.82, 2.24) is 10.6 Å². The van der Waals surface area contributed by atoms with Crippen molar-refractivity contribution in [3.8, 4) is 0 Å². The van der Waals surface area contributed by atoms with Gasteiger partial charge in [0.1, 0.15) is 0 Å². The van der Waals surface area contributed by atoms with Crippen LogP contribution in [0.4, 0.5) is 5.69 Å². The van der Waals surface area contributed by atoms with Gasteiger partial charge in [-0.25, -0.2) is 0 Å². The van der Waals surface area contributed by atoms with Crippen molar-refractivity contribution in [2.24, 2.45) is 0 Å². The van der Waals surface area contributed by atoms with E-state index in [2.05, 4.69) is 10.6 Å². The van der Waals surface area contributed by atoms with Crippen LogP contribution >= 0.6 is 11.6 Å². The molecule has 104 valence electrons. The molecule has 0 unspecified atom stereocenters. The number of carbonyl (C=O) groups excluding carboxylic acids is 1. The molecule has 1 aromatic carbocycles. The highest BCUT2D eigenvalue weighted by Gasteiger charge is 2.09. The number of benzene rings is 1. The predicted molar refractivity (Wildman–Crippen MR) is 73.1 cm³/mol. The molecular weight excluding hydrogens is 270 g/mol. The fourth-order valence-electron chi connectivity index (χ4n) is 1.52. The number of nitro benzene ring substituents is 1. The summed E-state index contributed by atoms with van der Waals surface area (Å²) in [6, 6.07) is 4.29. The van der Waals surface area contributed by atoms with Gasteiger partial charge < -0.3 is 10.6 Å². The van der Waals surface area contributed by atoms with E-state index in [1.54, 1.807) is 0 Å². The number of hydrogen-bond acceptors (Lipinski definition) is 4. The number of non-ortho nitro benzene ring substituents is 1. The molecule has 1 amide bonds. The summed E-state index contributed by atoms with van der Waals surface area (Å²) in [6.07, 6.45) is 0.361. The zero-order valence-corrected chi connectivity index (χ0v) is 11.4. The van der Waals surface area contributed by atoms with E-state index in [1.165, 1.54) is 18.2 Å². The Morgan fingerprint density at radius 1 is 1.47 bits per heavy atom. The zero-order chi connectivity index (χ0) is 14.3. The number of amides is 1. The van der Waals surface area contributed by atoms with Gasteiger partial charge in [-0.1, -0.05) is 11.6 Å². The van der Waals surface area contributed by atoms with Gasteiger partial charge in [0.2, 0.25) is 5.91 Å². The van der Waals surface area contributed by atoms with Crippen LogP contribution in [-0.4, -0.2) is 23.9 Å². The third-order valence-corrected chi connectivity index (χ3v) is 2.83. The quantitative estimate of drug-likeness (QED) is 0.455. The maximum atomic E-state index is 11.2. The summed E-state index contributed by atoms with van der Waals surface area (Å²) in [5, 5.41) is 16.8. The molecule has 0 atom stereocenters. The van der Waals surface area contributed by atoms with Gasteiger partial charge >= 0.3 is 0 Å². The molecule has 0 aliphatic heterocycles. The third kappa shape index (κ3) is 5.23. The molecule has 0 spiro atoms. The highest BCUT2D eigenvalue weighted by atomic mass is 35.5. The normalized spacial score (nSPS) is 10.2. The Morgan fingerprint density at radius 2 is 2.21 bits per heavy atom. The van der Waals surface area contributed by atoms with Gasteiger partial charge in [0, 0.05) is 43.2 Å². The number of nitrogens with one attached hydrogen (secondary N) is 2. The van der Waals surface area contributed by atoms with E-state index in [1.807, 2.05) is 6.92 Å². The van der Waals surface area contributed by atoms with Crippen LogP contribution in [0.2, 0.25) is 5.02 Å². The largest absolute Gasteiger partial charge is 0.356 e. The van der Waals surface area contributed by atoms with Crippen molar-refractivity contribution in [1.29, 1.82) is 0 Å². The molecule has 0 aliphatic rings. The Balaban J connectivity index is 2.46. The van der Waals surface area contributed by atoms with Crippen LogP contribution < -0.4 is 10.6 Å². The summed E-state index contributed by atoms with van der Waals surface area (Å²) >= 11 is 5.95. The lowest BCUT2D eigenvalue weighted by Gasteiger charge is -2.06. The second kappa shape index (κ2) is 7.70. The molecule has 0 aliphatic carbocycles. The molecule has 2 N–H and O–H groups in total. The van der Waals surface area contributed by atoms with Crippen molar-refractivity contribution in [3.05, 3.63) is 38.9 Å². The molecule has 0 radical (unpaired) electrons. The van der Waals surface area contributed by atoms with Crippen molar-refractivity contribution in [3.63, 3.8) is 0 Å². The SMILES string of the molecule is CCNC(=O)CCNCc1cc([N+](=O)[O-])ccc1Cl. The van der Waals surface area contributed by atoms with Crippen LogP contribution in [0, 0.1) is 10.1 Å². The van der Waals surface area contributed by atoms with Crippen LogP contribution in [0.25, 0.3) is 0 Å². The highest BCUT2D eigenvalue weighted by Crippen LogP contribution is 2.21. The summed E-state index contributed by atoms with van der Waals surface area (Å²) in [5.41, 5.74) is 0.650. The first-order chi connectivity index (χ1) is 9.04. The summed E-state index contributed by atoms with van der Waals surface area (Å²) in [7, 11) is 0. The topological polar surface area (TPSA) is 84.3 Å². The first kappa shape index (κ1) is 15.4. The van der Waals surface area contributed by atoms with Crippen LogP contribution in [-0.2, 0) is 11.3 Å². The van der Waals surface area contributed by atoms with Crippen LogP contribution in [0.1, 0.15) is 18.9 Å². The van der Waals surface area contributed by atoms with Crippen molar-refractivity contribution in [2.45, 2.75) is 19.9 Å². The van der Waals surface area contributed by atoms with Gasteiger partial charge in [-0.15, -0.1) is 0 Å². The lowest BCUT2D eigenvalue weighted by Crippen LogP contribution is -2.27. The van der Waals surface area contributed by atoms with Gasteiger partial charge in [-0.3, -0.25) is 14.9 Å². The average molecular weight is 286 g/mol. The molecule has 19 heavy (non-hydrogen) atoms. The van der Waals surface area contributed by atoms with Crippen molar-refractivity contribution < 1.29 is 9.72 Å². The molecule has 7 heteroatoms. The van der Waals surface area contributed by atoms with Crippen LogP contribution in [0.5, 0.6) is 0 Å². The zero-order valence-electron chi connectivity index (χ0n) is 10.6. The first-order valence-electron chi connectivity index (χ1n) is 5.94. The second-order valence-electron chi connectivity index (χ2n) is 3.91. The number of nitro groups is 1. The fraction of sp³-hybridized carbons (Fsp3) is 0.417. The minimum Gasteiger partial charge on any atom is -0.356 e. The lowest BCUT2D eigenvalue weighted by atomic mass is 10.2. The number of nitrogens with zero attached hydrogens (tertiary/aromatic N) is 1. The average Bonchev–Trinajstić information content (AvgIpc) is 2.36. The molecule has 0 saturated carbocycles. The molecule has 1 aromatic rings. The molecule has 0 heterocycles. The number of rotatable bonds is 7. The minimum atomic E-state index is -0.464. The van der Waals surface area contributed by atoms with E-state index in [4.69, 9.17) is 11.6 Å². The predicted octanol–water partition coefficient (Wildman–Crippen LogP) is 1.86. The third-order valence-electron chi connectivity index (χ3n) is 2.46. The molecule has 0 aromatic heterocycles. The fourth-order valence-corrected chi connectivity index (χ4v) is 1.71. The number of halogens is 1. The summed E-state index contributed by atoms with van der Waals surface area (Å²) in [6.45, 7) is 3.34. The van der Waals surface area contributed by atoms with Crippen LogP contribution in [0.15, 0.2) is 18.2 Å². The van der Waals surface area contributed by atoms with Crippen molar-refractivity contribution >= 4 is 23.2 Å². The monoisotopic (exact) mass is 285 g/mol. The molecule has 0 fully saturated rings. The van der Waals surface area contributed by atoms with Gasteiger partial charge in [0.05, 0.1) is 4.92 Å². The van der Waals surface area contributed by atoms with Gasteiger partial charge in [-0.2, -0.15) is 0 Å². The van der Waals surface area contributed by atoms with E-state index in [0.717, 1.165) is 0 Å². The summed E-state index contributed by atoms with van der Waals surface area (Å²) in [5.74, 6) is -0.0276. The van der Waals surface area contributed by atoms with Crippen molar-refractivity contribution in [2.75, 3.05) is 13.1 Å². The molecule has 0 bridgehead atoms.